The van der Waals surface area contributed by atoms with Gasteiger partial charge in [0.05, 0.1) is 11.1 Å². The van der Waals surface area contributed by atoms with E-state index < -0.39 is 0 Å². The summed E-state index contributed by atoms with van der Waals surface area (Å²) in [5.41, 5.74) is 3.08. The molecule has 5 heteroatoms. The van der Waals surface area contributed by atoms with Crippen LogP contribution < -0.4 is 10.6 Å². The largest absolute Gasteiger partial charge is 0.507 e. The summed E-state index contributed by atoms with van der Waals surface area (Å²) in [5.74, 6) is -0.478. The molecule has 1 heterocycles. The van der Waals surface area contributed by atoms with Gasteiger partial charge in [-0.2, -0.15) is 0 Å². The molecule has 0 aromatic heterocycles. The minimum Gasteiger partial charge on any atom is -0.507 e. The minimum atomic E-state index is -0.378. The SMILES string of the molecule is Cc1cccc(CNc2ccc3c(c2)C(=O)NC3=O)c1O. The number of nitrogens with one attached hydrogen (secondary N) is 2. The Labute approximate surface area is 121 Å². The van der Waals surface area contributed by atoms with Crippen LogP contribution in [0.1, 0.15) is 31.8 Å². The molecule has 0 unspecified atom stereocenters. The Kier molecular flexibility index (Phi) is 3.10. The van der Waals surface area contributed by atoms with Crippen LogP contribution >= 0.6 is 0 Å². The summed E-state index contributed by atoms with van der Waals surface area (Å²) in [6.45, 7) is 2.27. The molecule has 0 saturated heterocycles. The summed E-state index contributed by atoms with van der Waals surface area (Å²) in [5, 5.41) is 15.4. The maximum atomic E-state index is 11.6. The van der Waals surface area contributed by atoms with Crippen molar-refractivity contribution in [1.29, 1.82) is 0 Å². The van der Waals surface area contributed by atoms with Crippen molar-refractivity contribution in [2.24, 2.45) is 0 Å². The molecule has 0 atom stereocenters. The van der Waals surface area contributed by atoms with E-state index in [2.05, 4.69) is 10.6 Å². The van der Waals surface area contributed by atoms with Gasteiger partial charge in [-0.05, 0) is 30.7 Å². The molecule has 0 fully saturated rings. The molecule has 2 aromatic rings. The van der Waals surface area contributed by atoms with Crippen molar-refractivity contribution in [3.05, 3.63) is 58.7 Å². The summed E-state index contributed by atoms with van der Waals surface area (Å²) in [4.78, 5) is 23.1. The lowest BCUT2D eigenvalue weighted by Gasteiger charge is -2.10. The van der Waals surface area contributed by atoms with Gasteiger partial charge in [0.15, 0.2) is 0 Å². The summed E-state index contributed by atoms with van der Waals surface area (Å²) >= 11 is 0. The highest BCUT2D eigenvalue weighted by Gasteiger charge is 2.26. The van der Waals surface area contributed by atoms with Gasteiger partial charge in [-0.3, -0.25) is 14.9 Å². The van der Waals surface area contributed by atoms with Gasteiger partial charge in [0.1, 0.15) is 5.75 Å². The highest BCUT2D eigenvalue weighted by molar-refractivity contribution is 6.21. The van der Waals surface area contributed by atoms with Crippen LogP contribution in [-0.2, 0) is 6.54 Å². The van der Waals surface area contributed by atoms with Crippen molar-refractivity contribution >= 4 is 17.5 Å². The van der Waals surface area contributed by atoms with Crippen molar-refractivity contribution < 1.29 is 14.7 Å². The first kappa shape index (κ1) is 13.2. The Morgan fingerprint density at radius 2 is 1.86 bits per heavy atom. The second-order valence-electron chi connectivity index (χ2n) is 4.98. The van der Waals surface area contributed by atoms with Crippen LogP contribution in [0.3, 0.4) is 0 Å². The van der Waals surface area contributed by atoms with Gasteiger partial charge in [0.25, 0.3) is 11.8 Å². The number of anilines is 1. The van der Waals surface area contributed by atoms with Crippen LogP contribution in [0.25, 0.3) is 0 Å². The number of aromatic hydroxyl groups is 1. The molecule has 21 heavy (non-hydrogen) atoms. The molecular formula is C16H14N2O3. The fraction of sp³-hybridized carbons (Fsp3) is 0.125. The third-order valence-electron chi connectivity index (χ3n) is 3.54. The molecule has 5 nitrogen and oxygen atoms in total. The van der Waals surface area contributed by atoms with E-state index in [4.69, 9.17) is 0 Å². The molecule has 0 saturated carbocycles. The van der Waals surface area contributed by atoms with Crippen molar-refractivity contribution in [2.45, 2.75) is 13.5 Å². The van der Waals surface area contributed by atoms with E-state index in [0.29, 0.717) is 17.7 Å². The number of hydrogen-bond donors (Lipinski definition) is 3. The molecule has 0 radical (unpaired) electrons. The molecule has 3 N–H and O–H groups in total. The number of aryl methyl sites for hydroxylation is 1. The van der Waals surface area contributed by atoms with Crippen LogP contribution in [0.2, 0.25) is 0 Å². The van der Waals surface area contributed by atoms with Crippen molar-refractivity contribution in [3.8, 4) is 5.75 Å². The summed E-state index contributed by atoms with van der Waals surface area (Å²) in [7, 11) is 0. The normalized spacial score (nSPS) is 13.0. The molecule has 2 amide bonds. The van der Waals surface area contributed by atoms with E-state index in [1.54, 1.807) is 18.2 Å². The van der Waals surface area contributed by atoms with Crippen molar-refractivity contribution in [2.75, 3.05) is 5.32 Å². The lowest BCUT2D eigenvalue weighted by molar-refractivity contribution is 0.0879. The Morgan fingerprint density at radius 3 is 2.67 bits per heavy atom. The first-order chi connectivity index (χ1) is 10.1. The fourth-order valence-corrected chi connectivity index (χ4v) is 2.34. The Hall–Kier alpha value is -2.82. The zero-order valence-electron chi connectivity index (χ0n) is 11.4. The van der Waals surface area contributed by atoms with E-state index in [1.807, 2.05) is 25.1 Å². The average molecular weight is 282 g/mol. The number of para-hydroxylation sites is 1. The third-order valence-corrected chi connectivity index (χ3v) is 3.54. The number of phenolic OH excluding ortho intramolecular Hbond substituents is 1. The van der Waals surface area contributed by atoms with Gasteiger partial charge in [0.2, 0.25) is 0 Å². The average Bonchev–Trinajstić information content (AvgIpc) is 2.75. The monoisotopic (exact) mass is 282 g/mol. The van der Waals surface area contributed by atoms with Gasteiger partial charge in [-0.1, -0.05) is 18.2 Å². The highest BCUT2D eigenvalue weighted by atomic mass is 16.3. The van der Waals surface area contributed by atoms with Crippen molar-refractivity contribution in [1.82, 2.24) is 5.32 Å². The molecule has 1 aliphatic rings. The van der Waals surface area contributed by atoms with Gasteiger partial charge < -0.3 is 10.4 Å². The predicted molar refractivity (Wildman–Crippen MR) is 78.4 cm³/mol. The number of imide groups is 1. The molecule has 0 spiro atoms. The molecule has 1 aliphatic heterocycles. The third kappa shape index (κ3) is 2.33. The van der Waals surface area contributed by atoms with Gasteiger partial charge in [-0.25, -0.2) is 0 Å². The van der Waals surface area contributed by atoms with Crippen LogP contribution in [0, 0.1) is 6.92 Å². The minimum absolute atomic E-state index is 0.263. The molecule has 0 aliphatic carbocycles. The summed E-state index contributed by atoms with van der Waals surface area (Å²) in [6, 6.07) is 10.5. The quantitative estimate of drug-likeness (QED) is 0.754. The van der Waals surface area contributed by atoms with Crippen molar-refractivity contribution in [3.63, 3.8) is 0 Å². The molecule has 0 bridgehead atoms. The van der Waals surface area contributed by atoms with E-state index in [-0.39, 0.29) is 17.6 Å². The smallest absolute Gasteiger partial charge is 0.259 e. The fourth-order valence-electron chi connectivity index (χ4n) is 2.34. The number of rotatable bonds is 3. The number of carbonyl (C=O) groups excluding carboxylic acids is 2. The zero-order valence-corrected chi connectivity index (χ0v) is 11.4. The van der Waals surface area contributed by atoms with Crippen LogP contribution in [0.15, 0.2) is 36.4 Å². The van der Waals surface area contributed by atoms with E-state index in [0.717, 1.165) is 16.8 Å². The van der Waals surface area contributed by atoms with E-state index in [9.17, 15) is 14.7 Å². The maximum Gasteiger partial charge on any atom is 0.259 e. The maximum absolute atomic E-state index is 11.6. The molecule has 106 valence electrons. The highest BCUT2D eigenvalue weighted by Crippen LogP contribution is 2.24. The second kappa shape index (κ2) is 4.94. The van der Waals surface area contributed by atoms with E-state index >= 15 is 0 Å². The molecule has 2 aromatic carbocycles. The summed E-state index contributed by atoms with van der Waals surface area (Å²) in [6.07, 6.45) is 0. The number of fused-ring (bicyclic) bond motifs is 1. The number of phenols is 1. The van der Waals surface area contributed by atoms with E-state index in [1.165, 1.54) is 0 Å². The van der Waals surface area contributed by atoms with Gasteiger partial charge in [0, 0.05) is 17.8 Å². The van der Waals surface area contributed by atoms with Crippen LogP contribution in [0.4, 0.5) is 5.69 Å². The number of hydrogen-bond acceptors (Lipinski definition) is 4. The lowest BCUT2D eigenvalue weighted by atomic mass is 10.1. The Morgan fingerprint density at radius 1 is 1.10 bits per heavy atom. The van der Waals surface area contributed by atoms with Crippen LogP contribution in [0.5, 0.6) is 5.75 Å². The standard InChI is InChI=1S/C16H14N2O3/c1-9-3-2-4-10(14(9)19)8-17-11-5-6-12-13(7-11)16(21)18-15(12)20/h2-7,17,19H,8H2,1H3,(H,18,20,21). The first-order valence-corrected chi connectivity index (χ1v) is 6.57. The second-order valence-corrected chi connectivity index (χ2v) is 4.98. The van der Waals surface area contributed by atoms with Gasteiger partial charge in [-0.15, -0.1) is 0 Å². The molecule has 3 rings (SSSR count). The zero-order chi connectivity index (χ0) is 15.0. The summed E-state index contributed by atoms with van der Waals surface area (Å²) < 4.78 is 0. The topological polar surface area (TPSA) is 78.4 Å². The number of benzene rings is 2. The predicted octanol–water partition coefficient (Wildman–Crippen LogP) is 2.20. The number of carbonyl (C=O) groups is 2. The number of amides is 2. The van der Waals surface area contributed by atoms with Crippen LogP contribution in [-0.4, -0.2) is 16.9 Å². The molecular weight excluding hydrogens is 268 g/mol. The Balaban J connectivity index is 1.81. The first-order valence-electron chi connectivity index (χ1n) is 6.57. The Bertz CT molecular complexity index is 753. The van der Waals surface area contributed by atoms with Gasteiger partial charge >= 0.3 is 0 Å². The lowest BCUT2D eigenvalue weighted by Crippen LogP contribution is -2.19.